The predicted octanol–water partition coefficient (Wildman–Crippen LogP) is 4.11. The second-order valence-corrected chi connectivity index (χ2v) is 6.41. The number of nitrogens with zero attached hydrogens (tertiary/aromatic N) is 1. The van der Waals surface area contributed by atoms with Crippen molar-refractivity contribution < 1.29 is 9.53 Å². The zero-order valence-corrected chi connectivity index (χ0v) is 14.3. The van der Waals surface area contributed by atoms with Crippen molar-refractivity contribution in [3.05, 3.63) is 29.8 Å². The largest absolute Gasteiger partial charge is 0.494 e. The molecule has 1 aliphatic heterocycles. The number of rotatable bonds is 6. The molecule has 1 amide bonds. The van der Waals surface area contributed by atoms with Crippen molar-refractivity contribution in [2.75, 3.05) is 25.0 Å². The minimum Gasteiger partial charge on any atom is -0.494 e. The van der Waals surface area contributed by atoms with E-state index in [-0.39, 0.29) is 5.91 Å². The lowest BCUT2D eigenvalue weighted by Crippen LogP contribution is -2.40. The molecule has 0 radical (unpaired) electrons. The van der Waals surface area contributed by atoms with E-state index in [1.54, 1.807) is 0 Å². The number of carbonyl (C=O) groups is 1. The van der Waals surface area contributed by atoms with Crippen LogP contribution in [0.2, 0.25) is 0 Å². The van der Waals surface area contributed by atoms with Gasteiger partial charge in [0.25, 0.3) is 5.91 Å². The average molecular weight is 354 g/mol. The van der Waals surface area contributed by atoms with E-state index in [1.165, 1.54) is 6.42 Å². The molecular formula is C17H24BrNO2. The predicted molar refractivity (Wildman–Crippen MR) is 89.3 cm³/mol. The van der Waals surface area contributed by atoms with Gasteiger partial charge in [-0.15, -0.1) is 0 Å². The number of piperidine rings is 1. The zero-order chi connectivity index (χ0) is 15.1. The first-order valence-corrected chi connectivity index (χ1v) is 8.94. The lowest BCUT2D eigenvalue weighted by Gasteiger charge is -2.32. The number of halogens is 1. The molecule has 0 spiro atoms. The number of amides is 1. The highest BCUT2D eigenvalue weighted by molar-refractivity contribution is 9.09. The van der Waals surface area contributed by atoms with Crippen LogP contribution in [0.4, 0.5) is 0 Å². The van der Waals surface area contributed by atoms with Crippen LogP contribution >= 0.6 is 15.9 Å². The van der Waals surface area contributed by atoms with Gasteiger partial charge in [-0.2, -0.15) is 0 Å². The standard InChI is InChI=1S/C17H24BrNO2/c1-2-11-21-16-7-3-6-15(12-16)17(20)19-10-4-5-14(13-19)8-9-18/h3,6-7,12,14H,2,4-5,8-11,13H2,1H3. The Hall–Kier alpha value is -1.03. The fourth-order valence-electron chi connectivity index (χ4n) is 2.76. The molecule has 1 aromatic rings. The molecule has 1 aromatic carbocycles. The van der Waals surface area contributed by atoms with Crippen LogP contribution < -0.4 is 4.74 Å². The Balaban J connectivity index is 2.01. The van der Waals surface area contributed by atoms with Crippen molar-refractivity contribution in [3.8, 4) is 5.75 Å². The van der Waals surface area contributed by atoms with Crippen LogP contribution in [0, 0.1) is 5.92 Å². The number of benzene rings is 1. The molecule has 0 N–H and O–H groups in total. The fourth-order valence-corrected chi connectivity index (χ4v) is 3.41. The summed E-state index contributed by atoms with van der Waals surface area (Å²) < 4.78 is 5.62. The van der Waals surface area contributed by atoms with E-state index < -0.39 is 0 Å². The molecule has 4 heteroatoms. The van der Waals surface area contributed by atoms with Crippen LogP contribution in [0.5, 0.6) is 5.75 Å². The minimum atomic E-state index is 0.135. The molecule has 1 heterocycles. The normalized spacial score (nSPS) is 18.6. The lowest BCUT2D eigenvalue weighted by atomic mass is 9.95. The van der Waals surface area contributed by atoms with Crippen LogP contribution in [0.3, 0.4) is 0 Å². The van der Waals surface area contributed by atoms with Crippen molar-refractivity contribution in [1.29, 1.82) is 0 Å². The van der Waals surface area contributed by atoms with Crippen LogP contribution in [0.1, 0.15) is 43.0 Å². The number of ether oxygens (including phenoxy) is 1. The van der Waals surface area contributed by atoms with Gasteiger partial charge in [-0.3, -0.25) is 4.79 Å². The number of hydrogen-bond acceptors (Lipinski definition) is 2. The molecule has 1 saturated heterocycles. The topological polar surface area (TPSA) is 29.5 Å². The Morgan fingerprint density at radius 2 is 2.33 bits per heavy atom. The van der Waals surface area contributed by atoms with Crippen LogP contribution in [0.15, 0.2) is 24.3 Å². The Morgan fingerprint density at radius 1 is 1.48 bits per heavy atom. The van der Waals surface area contributed by atoms with Gasteiger partial charge in [-0.1, -0.05) is 28.9 Å². The molecule has 0 aromatic heterocycles. The summed E-state index contributed by atoms with van der Waals surface area (Å²) in [6.07, 6.45) is 4.45. The van der Waals surface area contributed by atoms with E-state index in [9.17, 15) is 4.79 Å². The third-order valence-electron chi connectivity index (χ3n) is 3.88. The summed E-state index contributed by atoms with van der Waals surface area (Å²) in [4.78, 5) is 14.6. The molecule has 0 aliphatic carbocycles. The molecule has 1 atom stereocenters. The van der Waals surface area contributed by atoms with Crippen molar-refractivity contribution in [3.63, 3.8) is 0 Å². The molecule has 116 valence electrons. The Morgan fingerprint density at radius 3 is 3.10 bits per heavy atom. The molecule has 2 rings (SSSR count). The van der Waals surface area contributed by atoms with E-state index in [4.69, 9.17) is 4.74 Å². The Bertz CT molecular complexity index is 462. The Kier molecular flexibility index (Phi) is 6.55. The highest BCUT2D eigenvalue weighted by Crippen LogP contribution is 2.23. The SMILES string of the molecule is CCCOc1cccc(C(=O)N2CCCC(CCBr)C2)c1. The van der Waals surface area contributed by atoms with Gasteiger partial charge in [0, 0.05) is 24.0 Å². The second-order valence-electron chi connectivity index (χ2n) is 5.61. The summed E-state index contributed by atoms with van der Waals surface area (Å²) in [5.41, 5.74) is 0.739. The molecule has 1 fully saturated rings. The summed E-state index contributed by atoms with van der Waals surface area (Å²) >= 11 is 3.50. The lowest BCUT2D eigenvalue weighted by molar-refractivity contribution is 0.0671. The summed E-state index contributed by atoms with van der Waals surface area (Å²) in [6.45, 7) is 4.52. The molecular weight excluding hydrogens is 330 g/mol. The third kappa shape index (κ3) is 4.73. The first-order chi connectivity index (χ1) is 10.2. The minimum absolute atomic E-state index is 0.135. The van der Waals surface area contributed by atoms with Crippen molar-refractivity contribution in [1.82, 2.24) is 4.90 Å². The smallest absolute Gasteiger partial charge is 0.253 e. The maximum absolute atomic E-state index is 12.6. The first kappa shape index (κ1) is 16.3. The van der Waals surface area contributed by atoms with Gasteiger partial charge < -0.3 is 9.64 Å². The molecule has 3 nitrogen and oxygen atoms in total. The Labute approximate surface area is 135 Å². The highest BCUT2D eigenvalue weighted by Gasteiger charge is 2.24. The number of likely N-dealkylation sites (tertiary alicyclic amines) is 1. The molecule has 1 aliphatic rings. The number of hydrogen-bond donors (Lipinski definition) is 0. The number of alkyl halides is 1. The van der Waals surface area contributed by atoms with Gasteiger partial charge in [-0.25, -0.2) is 0 Å². The summed E-state index contributed by atoms with van der Waals surface area (Å²) in [5.74, 6) is 1.55. The van der Waals surface area contributed by atoms with Gasteiger partial charge in [0.15, 0.2) is 0 Å². The van der Waals surface area contributed by atoms with E-state index >= 15 is 0 Å². The molecule has 1 unspecified atom stereocenters. The fraction of sp³-hybridized carbons (Fsp3) is 0.588. The third-order valence-corrected chi connectivity index (χ3v) is 4.34. The summed E-state index contributed by atoms with van der Waals surface area (Å²) in [6, 6.07) is 7.57. The molecule has 0 saturated carbocycles. The van der Waals surface area contributed by atoms with Crippen LogP contribution in [0.25, 0.3) is 0 Å². The monoisotopic (exact) mass is 353 g/mol. The van der Waals surface area contributed by atoms with E-state index in [2.05, 4.69) is 22.9 Å². The maximum Gasteiger partial charge on any atom is 0.253 e. The van der Waals surface area contributed by atoms with Crippen LogP contribution in [-0.4, -0.2) is 35.8 Å². The first-order valence-electron chi connectivity index (χ1n) is 7.82. The second kappa shape index (κ2) is 8.42. The van der Waals surface area contributed by atoms with Gasteiger partial charge in [0.05, 0.1) is 6.61 Å². The van der Waals surface area contributed by atoms with Crippen LogP contribution in [-0.2, 0) is 0 Å². The maximum atomic E-state index is 12.6. The summed E-state index contributed by atoms with van der Waals surface area (Å²) in [5, 5.41) is 1.01. The quantitative estimate of drug-likeness (QED) is 0.720. The van der Waals surface area contributed by atoms with Gasteiger partial charge in [0.1, 0.15) is 5.75 Å². The molecule has 21 heavy (non-hydrogen) atoms. The van der Waals surface area contributed by atoms with E-state index in [1.807, 2.05) is 29.2 Å². The van der Waals surface area contributed by atoms with Gasteiger partial charge in [-0.05, 0) is 49.8 Å². The van der Waals surface area contributed by atoms with E-state index in [0.29, 0.717) is 12.5 Å². The highest BCUT2D eigenvalue weighted by atomic mass is 79.9. The van der Waals surface area contributed by atoms with Gasteiger partial charge in [0.2, 0.25) is 0 Å². The summed E-state index contributed by atoms with van der Waals surface area (Å²) in [7, 11) is 0. The molecule has 0 bridgehead atoms. The van der Waals surface area contributed by atoms with Gasteiger partial charge >= 0.3 is 0 Å². The van der Waals surface area contributed by atoms with E-state index in [0.717, 1.165) is 49.0 Å². The zero-order valence-electron chi connectivity index (χ0n) is 12.7. The average Bonchev–Trinajstić information content (AvgIpc) is 2.53. The van der Waals surface area contributed by atoms with Crippen molar-refractivity contribution in [2.24, 2.45) is 5.92 Å². The number of carbonyl (C=O) groups excluding carboxylic acids is 1. The van der Waals surface area contributed by atoms with Crippen molar-refractivity contribution in [2.45, 2.75) is 32.6 Å². The van der Waals surface area contributed by atoms with Crippen molar-refractivity contribution >= 4 is 21.8 Å².